The first-order valence-electron chi connectivity index (χ1n) is 6.25. The first kappa shape index (κ1) is 13.5. The van der Waals surface area contributed by atoms with E-state index in [9.17, 15) is 9.18 Å². The molecule has 18 heavy (non-hydrogen) atoms. The predicted molar refractivity (Wildman–Crippen MR) is 73.5 cm³/mol. The fraction of sp³-hybridized carbons (Fsp3) is 0.500. The second-order valence-electron chi connectivity index (χ2n) is 4.88. The van der Waals surface area contributed by atoms with E-state index in [-0.39, 0.29) is 17.8 Å². The van der Waals surface area contributed by atoms with Gasteiger partial charge in [0.15, 0.2) is 0 Å². The molecular weight excluding hydrogens is 297 g/mol. The van der Waals surface area contributed by atoms with E-state index in [2.05, 4.69) is 21.2 Å². The lowest BCUT2D eigenvalue weighted by molar-refractivity contribution is 0.0929. The minimum Gasteiger partial charge on any atom is -0.349 e. The number of rotatable bonds is 3. The molecule has 1 aliphatic carbocycles. The summed E-state index contributed by atoms with van der Waals surface area (Å²) in [4.78, 5) is 12.1. The fourth-order valence-corrected chi connectivity index (χ4v) is 3.31. The van der Waals surface area contributed by atoms with Crippen LogP contribution in [0.1, 0.15) is 35.2 Å². The maximum Gasteiger partial charge on any atom is 0.251 e. The zero-order valence-corrected chi connectivity index (χ0v) is 12.0. The first-order valence-corrected chi connectivity index (χ1v) is 7.37. The van der Waals surface area contributed by atoms with Gasteiger partial charge in [-0.25, -0.2) is 4.39 Å². The third-order valence-electron chi connectivity index (χ3n) is 3.61. The second kappa shape index (κ2) is 5.83. The van der Waals surface area contributed by atoms with Gasteiger partial charge in [0.05, 0.1) is 0 Å². The normalized spacial score (nSPS) is 23.1. The first-order chi connectivity index (χ1) is 8.61. The average Bonchev–Trinajstić information content (AvgIpc) is 2.76. The molecule has 0 aromatic heterocycles. The van der Waals surface area contributed by atoms with E-state index in [4.69, 9.17) is 0 Å². The van der Waals surface area contributed by atoms with Crippen molar-refractivity contribution in [1.82, 2.24) is 5.32 Å². The molecule has 2 atom stereocenters. The van der Waals surface area contributed by atoms with Crippen molar-refractivity contribution in [2.75, 3.05) is 5.33 Å². The molecule has 1 N–H and O–H groups in total. The Labute approximate surface area is 115 Å². The second-order valence-corrected chi connectivity index (χ2v) is 5.53. The number of alkyl halides is 1. The molecule has 4 heteroatoms. The van der Waals surface area contributed by atoms with Crippen LogP contribution in [0.2, 0.25) is 0 Å². The molecule has 1 aromatic rings. The van der Waals surface area contributed by atoms with Gasteiger partial charge in [0.25, 0.3) is 5.91 Å². The Balaban J connectivity index is 2.07. The van der Waals surface area contributed by atoms with Crippen molar-refractivity contribution in [3.05, 3.63) is 35.1 Å². The van der Waals surface area contributed by atoms with E-state index in [1.165, 1.54) is 12.1 Å². The molecule has 0 heterocycles. The maximum atomic E-state index is 13.0. The third-order valence-corrected chi connectivity index (χ3v) is 4.44. The highest BCUT2D eigenvalue weighted by atomic mass is 79.9. The van der Waals surface area contributed by atoms with Gasteiger partial charge in [0.1, 0.15) is 5.82 Å². The van der Waals surface area contributed by atoms with E-state index in [0.29, 0.717) is 17.0 Å². The van der Waals surface area contributed by atoms with Crippen molar-refractivity contribution in [2.24, 2.45) is 5.92 Å². The molecule has 0 saturated heterocycles. The molecule has 0 spiro atoms. The summed E-state index contributed by atoms with van der Waals surface area (Å²) in [6.07, 6.45) is 3.34. The number of carbonyl (C=O) groups excluding carboxylic acids is 1. The van der Waals surface area contributed by atoms with Crippen LogP contribution in [0, 0.1) is 18.7 Å². The van der Waals surface area contributed by atoms with Crippen molar-refractivity contribution in [1.29, 1.82) is 0 Å². The summed E-state index contributed by atoms with van der Waals surface area (Å²) in [7, 11) is 0. The number of amides is 1. The number of carbonyl (C=O) groups is 1. The summed E-state index contributed by atoms with van der Waals surface area (Å²) < 4.78 is 13.0. The van der Waals surface area contributed by atoms with E-state index in [1.54, 1.807) is 13.0 Å². The van der Waals surface area contributed by atoms with E-state index < -0.39 is 0 Å². The van der Waals surface area contributed by atoms with Crippen LogP contribution < -0.4 is 5.32 Å². The van der Waals surface area contributed by atoms with E-state index in [1.807, 2.05) is 0 Å². The largest absolute Gasteiger partial charge is 0.349 e. The topological polar surface area (TPSA) is 29.1 Å². The van der Waals surface area contributed by atoms with Crippen LogP contribution in [0.15, 0.2) is 18.2 Å². The lowest BCUT2D eigenvalue weighted by Gasteiger charge is -2.19. The summed E-state index contributed by atoms with van der Waals surface area (Å²) in [6, 6.07) is 4.52. The summed E-state index contributed by atoms with van der Waals surface area (Å²) in [5.41, 5.74) is 1.25. The molecular formula is C14H17BrFNO. The zero-order chi connectivity index (χ0) is 13.1. The van der Waals surface area contributed by atoms with Gasteiger partial charge in [-0.15, -0.1) is 0 Å². The highest BCUT2D eigenvalue weighted by Gasteiger charge is 2.28. The van der Waals surface area contributed by atoms with Crippen LogP contribution in [0.4, 0.5) is 4.39 Å². The highest BCUT2D eigenvalue weighted by Crippen LogP contribution is 2.27. The molecule has 0 bridgehead atoms. The number of nitrogens with one attached hydrogen (secondary N) is 1. The van der Waals surface area contributed by atoms with Gasteiger partial charge in [0.2, 0.25) is 0 Å². The van der Waals surface area contributed by atoms with Gasteiger partial charge in [-0.3, -0.25) is 4.79 Å². The predicted octanol–water partition coefficient (Wildman–Crippen LogP) is 3.43. The van der Waals surface area contributed by atoms with Crippen molar-refractivity contribution in [2.45, 2.75) is 32.2 Å². The number of hydrogen-bond donors (Lipinski definition) is 1. The minimum atomic E-state index is -0.303. The molecule has 98 valence electrons. The Bertz CT molecular complexity index is 449. The van der Waals surface area contributed by atoms with Gasteiger partial charge in [0, 0.05) is 16.9 Å². The van der Waals surface area contributed by atoms with Gasteiger partial charge in [-0.1, -0.05) is 22.4 Å². The van der Waals surface area contributed by atoms with Crippen molar-refractivity contribution < 1.29 is 9.18 Å². The lowest BCUT2D eigenvalue weighted by Crippen LogP contribution is -2.38. The number of halogens is 2. The molecule has 1 aromatic carbocycles. The van der Waals surface area contributed by atoms with Crippen LogP contribution >= 0.6 is 15.9 Å². The molecule has 2 rings (SSSR count). The quantitative estimate of drug-likeness (QED) is 0.851. The zero-order valence-electron chi connectivity index (χ0n) is 10.4. The van der Waals surface area contributed by atoms with Crippen molar-refractivity contribution in [3.63, 3.8) is 0 Å². The summed E-state index contributed by atoms with van der Waals surface area (Å²) in [5, 5.41) is 3.98. The highest BCUT2D eigenvalue weighted by molar-refractivity contribution is 9.09. The Hall–Kier alpha value is -0.900. The molecule has 2 nitrogen and oxygen atoms in total. The van der Waals surface area contributed by atoms with Crippen LogP contribution in [0.25, 0.3) is 0 Å². The van der Waals surface area contributed by atoms with Gasteiger partial charge in [-0.2, -0.15) is 0 Å². The molecule has 0 aliphatic heterocycles. The maximum absolute atomic E-state index is 13.0. The lowest BCUT2D eigenvalue weighted by atomic mass is 10.0. The van der Waals surface area contributed by atoms with Crippen LogP contribution in [0.3, 0.4) is 0 Å². The smallest absolute Gasteiger partial charge is 0.251 e. The van der Waals surface area contributed by atoms with Crippen LogP contribution in [-0.2, 0) is 0 Å². The molecule has 0 radical (unpaired) electrons. The Morgan fingerprint density at radius 1 is 1.50 bits per heavy atom. The summed E-state index contributed by atoms with van der Waals surface area (Å²) in [5.74, 6) is 0.114. The van der Waals surface area contributed by atoms with Crippen molar-refractivity contribution in [3.8, 4) is 0 Å². The van der Waals surface area contributed by atoms with Crippen molar-refractivity contribution >= 4 is 21.8 Å². The van der Waals surface area contributed by atoms with E-state index in [0.717, 1.165) is 24.6 Å². The molecule has 2 unspecified atom stereocenters. The fourth-order valence-electron chi connectivity index (χ4n) is 2.54. The van der Waals surface area contributed by atoms with Gasteiger partial charge >= 0.3 is 0 Å². The average molecular weight is 314 g/mol. The monoisotopic (exact) mass is 313 g/mol. The number of benzene rings is 1. The van der Waals surface area contributed by atoms with Gasteiger partial charge < -0.3 is 5.32 Å². The Morgan fingerprint density at radius 3 is 2.94 bits per heavy atom. The van der Waals surface area contributed by atoms with Crippen LogP contribution in [-0.4, -0.2) is 17.3 Å². The number of hydrogen-bond acceptors (Lipinski definition) is 1. The molecule has 1 saturated carbocycles. The molecule has 1 amide bonds. The third kappa shape index (κ3) is 2.91. The Morgan fingerprint density at radius 2 is 2.28 bits per heavy atom. The summed E-state index contributed by atoms with van der Waals surface area (Å²) in [6.45, 7) is 1.76. The van der Waals surface area contributed by atoms with Gasteiger partial charge in [-0.05, 0) is 49.4 Å². The van der Waals surface area contributed by atoms with E-state index >= 15 is 0 Å². The Kier molecular flexibility index (Phi) is 4.38. The minimum absolute atomic E-state index is 0.0923. The SMILES string of the molecule is Cc1cc(F)ccc1C(=O)NC1CCCC1CBr. The van der Waals surface area contributed by atoms with Crippen LogP contribution in [0.5, 0.6) is 0 Å². The summed E-state index contributed by atoms with van der Waals surface area (Å²) >= 11 is 3.49. The standard InChI is InChI=1S/C14H17BrFNO/c1-9-7-11(16)5-6-12(9)14(18)17-13-4-2-3-10(13)8-15/h5-7,10,13H,2-4,8H2,1H3,(H,17,18). The molecule has 1 aliphatic rings. The number of aryl methyl sites for hydroxylation is 1. The molecule has 1 fully saturated rings.